The maximum absolute atomic E-state index is 10.9. The molecule has 1 aliphatic rings. The Labute approximate surface area is 107 Å². The maximum Gasteiger partial charge on any atom is 0.337 e. The highest BCUT2D eigenvalue weighted by Crippen LogP contribution is 2.20. The Kier molecular flexibility index (Phi) is 3.87. The van der Waals surface area contributed by atoms with Crippen LogP contribution in [0, 0.1) is 5.92 Å². The van der Waals surface area contributed by atoms with Gasteiger partial charge in [-0.2, -0.15) is 0 Å². The predicted octanol–water partition coefficient (Wildman–Crippen LogP) is 2.20. The molecule has 1 heterocycles. The third-order valence-corrected chi connectivity index (χ3v) is 3.63. The van der Waals surface area contributed by atoms with Gasteiger partial charge in [-0.25, -0.2) is 4.79 Å². The van der Waals surface area contributed by atoms with Crippen LogP contribution in [-0.4, -0.2) is 29.1 Å². The van der Waals surface area contributed by atoms with E-state index in [9.17, 15) is 4.79 Å². The smallest absolute Gasteiger partial charge is 0.337 e. The first-order valence-corrected chi connectivity index (χ1v) is 6.40. The Hall–Kier alpha value is -1.55. The zero-order valence-electron chi connectivity index (χ0n) is 10.7. The molecule has 2 rings (SSSR count). The number of aromatic carboxylic acids is 1. The third kappa shape index (κ3) is 3.01. The van der Waals surface area contributed by atoms with Gasteiger partial charge in [0.05, 0.1) is 5.56 Å². The number of rotatable bonds is 3. The topological polar surface area (TPSA) is 66.6 Å². The van der Waals surface area contributed by atoms with E-state index in [0.29, 0.717) is 5.69 Å². The number of benzene rings is 1. The van der Waals surface area contributed by atoms with E-state index in [1.54, 1.807) is 12.1 Å². The Morgan fingerprint density at radius 3 is 2.67 bits per heavy atom. The summed E-state index contributed by atoms with van der Waals surface area (Å²) in [7, 11) is 0. The zero-order chi connectivity index (χ0) is 13.1. The minimum atomic E-state index is -0.967. The molecule has 0 radical (unpaired) electrons. The van der Waals surface area contributed by atoms with E-state index in [-0.39, 0.29) is 5.56 Å². The summed E-state index contributed by atoms with van der Waals surface area (Å²) in [6.45, 7) is 5.37. The van der Waals surface area contributed by atoms with Crippen LogP contribution >= 0.6 is 0 Å². The van der Waals surface area contributed by atoms with Gasteiger partial charge in [-0.15, -0.1) is 0 Å². The number of anilines is 1. The van der Waals surface area contributed by atoms with Crippen LogP contribution in [0.15, 0.2) is 18.2 Å². The number of likely N-dealkylation sites (tertiary alicyclic amines) is 1. The van der Waals surface area contributed by atoms with E-state index in [1.165, 1.54) is 12.8 Å². The summed E-state index contributed by atoms with van der Waals surface area (Å²) in [4.78, 5) is 13.3. The van der Waals surface area contributed by atoms with Gasteiger partial charge in [0.25, 0.3) is 0 Å². The van der Waals surface area contributed by atoms with Crippen molar-refractivity contribution in [2.24, 2.45) is 5.92 Å². The van der Waals surface area contributed by atoms with Gasteiger partial charge >= 0.3 is 5.97 Å². The van der Waals surface area contributed by atoms with Crippen molar-refractivity contribution in [2.75, 3.05) is 18.8 Å². The van der Waals surface area contributed by atoms with E-state index in [2.05, 4.69) is 11.8 Å². The number of nitrogens with two attached hydrogens (primary N) is 1. The SMILES string of the molecule is CC1CCN(Cc2ccc(C(=O)O)c(N)c2)CC1. The van der Waals surface area contributed by atoms with Crippen molar-refractivity contribution in [3.05, 3.63) is 29.3 Å². The molecule has 18 heavy (non-hydrogen) atoms. The molecule has 0 aliphatic carbocycles. The van der Waals surface area contributed by atoms with Gasteiger partial charge in [-0.3, -0.25) is 4.90 Å². The zero-order valence-corrected chi connectivity index (χ0v) is 10.7. The molecule has 1 fully saturated rings. The van der Waals surface area contributed by atoms with Crippen molar-refractivity contribution in [3.63, 3.8) is 0 Å². The average molecular weight is 248 g/mol. The fourth-order valence-corrected chi connectivity index (χ4v) is 2.38. The Morgan fingerprint density at radius 2 is 2.11 bits per heavy atom. The molecule has 0 unspecified atom stereocenters. The van der Waals surface area contributed by atoms with Gasteiger partial charge in [0.2, 0.25) is 0 Å². The Balaban J connectivity index is 2.02. The number of hydrogen-bond donors (Lipinski definition) is 2. The van der Waals surface area contributed by atoms with E-state index >= 15 is 0 Å². The quantitative estimate of drug-likeness (QED) is 0.805. The summed E-state index contributed by atoms with van der Waals surface area (Å²) < 4.78 is 0. The second-order valence-corrected chi connectivity index (χ2v) is 5.19. The second-order valence-electron chi connectivity index (χ2n) is 5.19. The summed E-state index contributed by atoms with van der Waals surface area (Å²) in [6.07, 6.45) is 2.48. The number of nitrogen functional groups attached to an aromatic ring is 1. The maximum atomic E-state index is 10.9. The summed E-state index contributed by atoms with van der Waals surface area (Å²) in [5, 5.41) is 8.92. The van der Waals surface area contributed by atoms with Crippen molar-refractivity contribution in [1.29, 1.82) is 0 Å². The fourth-order valence-electron chi connectivity index (χ4n) is 2.38. The first kappa shape index (κ1) is 12.9. The van der Waals surface area contributed by atoms with Crippen LogP contribution in [0.5, 0.6) is 0 Å². The lowest BCUT2D eigenvalue weighted by Crippen LogP contribution is -2.32. The standard InChI is InChI=1S/C14H20N2O2/c1-10-4-6-16(7-5-10)9-11-2-3-12(14(17)18)13(15)8-11/h2-3,8,10H,4-7,9,15H2,1H3,(H,17,18). The first-order chi connectivity index (χ1) is 8.56. The highest BCUT2D eigenvalue weighted by Gasteiger charge is 2.16. The van der Waals surface area contributed by atoms with Gasteiger partial charge in [0.1, 0.15) is 0 Å². The molecule has 3 N–H and O–H groups in total. The van der Waals surface area contributed by atoms with Crippen LogP contribution in [0.3, 0.4) is 0 Å². The van der Waals surface area contributed by atoms with Crippen LogP contribution in [0.1, 0.15) is 35.7 Å². The second kappa shape index (κ2) is 5.40. The van der Waals surface area contributed by atoms with Crippen molar-refractivity contribution in [1.82, 2.24) is 4.90 Å². The molecule has 0 bridgehead atoms. The van der Waals surface area contributed by atoms with E-state index in [1.807, 2.05) is 6.07 Å². The number of nitrogens with zero attached hydrogens (tertiary/aromatic N) is 1. The van der Waals surface area contributed by atoms with Crippen LogP contribution in [0.2, 0.25) is 0 Å². The molecule has 0 amide bonds. The van der Waals surface area contributed by atoms with Crippen LogP contribution in [0.25, 0.3) is 0 Å². The summed E-state index contributed by atoms with van der Waals surface area (Å²) in [6, 6.07) is 5.24. The van der Waals surface area contributed by atoms with Gasteiger partial charge in [-0.05, 0) is 49.5 Å². The van der Waals surface area contributed by atoms with Crippen molar-refractivity contribution < 1.29 is 9.90 Å². The van der Waals surface area contributed by atoms with Gasteiger partial charge in [0, 0.05) is 12.2 Å². The van der Waals surface area contributed by atoms with E-state index < -0.39 is 5.97 Å². The van der Waals surface area contributed by atoms with Gasteiger partial charge in [0.15, 0.2) is 0 Å². The molecule has 1 aromatic carbocycles. The summed E-state index contributed by atoms with van der Waals surface area (Å²) >= 11 is 0. The number of hydrogen-bond acceptors (Lipinski definition) is 3. The van der Waals surface area contributed by atoms with Gasteiger partial charge < -0.3 is 10.8 Å². The van der Waals surface area contributed by atoms with Gasteiger partial charge in [-0.1, -0.05) is 13.0 Å². The monoisotopic (exact) mass is 248 g/mol. The fraction of sp³-hybridized carbons (Fsp3) is 0.500. The summed E-state index contributed by atoms with van der Waals surface area (Å²) in [5.41, 5.74) is 7.38. The summed E-state index contributed by atoms with van der Waals surface area (Å²) in [5.74, 6) is -0.147. The molecule has 1 saturated heterocycles. The molecule has 1 aliphatic heterocycles. The van der Waals surface area contributed by atoms with Crippen LogP contribution in [-0.2, 0) is 6.54 Å². The molecule has 4 nitrogen and oxygen atoms in total. The number of carboxylic acids is 1. The first-order valence-electron chi connectivity index (χ1n) is 6.40. The van der Waals surface area contributed by atoms with Crippen molar-refractivity contribution >= 4 is 11.7 Å². The lowest BCUT2D eigenvalue weighted by molar-refractivity contribution is 0.0698. The molecule has 0 aromatic heterocycles. The van der Waals surface area contributed by atoms with Crippen molar-refractivity contribution in [3.8, 4) is 0 Å². The third-order valence-electron chi connectivity index (χ3n) is 3.63. The highest BCUT2D eigenvalue weighted by atomic mass is 16.4. The lowest BCUT2D eigenvalue weighted by Gasteiger charge is -2.30. The molecular weight excluding hydrogens is 228 g/mol. The van der Waals surface area contributed by atoms with Crippen LogP contribution < -0.4 is 5.73 Å². The molecule has 0 saturated carbocycles. The number of carbonyl (C=O) groups is 1. The predicted molar refractivity (Wildman–Crippen MR) is 71.5 cm³/mol. The molecule has 4 heteroatoms. The largest absolute Gasteiger partial charge is 0.478 e. The van der Waals surface area contributed by atoms with E-state index in [0.717, 1.165) is 31.1 Å². The van der Waals surface area contributed by atoms with E-state index in [4.69, 9.17) is 10.8 Å². The minimum absolute atomic E-state index is 0.186. The molecular formula is C14H20N2O2. The highest BCUT2D eigenvalue weighted by molar-refractivity contribution is 5.93. The normalized spacial score (nSPS) is 17.8. The molecule has 1 aromatic rings. The molecule has 98 valence electrons. The van der Waals surface area contributed by atoms with Crippen molar-refractivity contribution in [2.45, 2.75) is 26.3 Å². The number of piperidine rings is 1. The Morgan fingerprint density at radius 1 is 1.44 bits per heavy atom. The van der Waals surface area contributed by atoms with Crippen LogP contribution in [0.4, 0.5) is 5.69 Å². The Bertz CT molecular complexity index is 437. The lowest BCUT2D eigenvalue weighted by atomic mass is 9.98. The number of carboxylic acid groups (broad SMARTS) is 1. The molecule has 0 spiro atoms. The molecule has 0 atom stereocenters. The average Bonchev–Trinajstić information content (AvgIpc) is 2.32. The minimum Gasteiger partial charge on any atom is -0.478 e.